The first-order valence-electron chi connectivity index (χ1n) is 6.32. The summed E-state index contributed by atoms with van der Waals surface area (Å²) in [5.74, 6) is 1.35. The first kappa shape index (κ1) is 12.9. The Morgan fingerprint density at radius 3 is 2.72 bits per heavy atom. The molecular weight excluding hydrogens is 226 g/mol. The smallest absolute Gasteiger partial charge is 0.209 e. The first-order chi connectivity index (χ1) is 8.47. The summed E-state index contributed by atoms with van der Waals surface area (Å²) < 4.78 is 5.72. The molecular formula is C14H21N3O. The summed E-state index contributed by atoms with van der Waals surface area (Å²) >= 11 is 0. The van der Waals surface area contributed by atoms with Crippen LogP contribution in [0.2, 0.25) is 0 Å². The van der Waals surface area contributed by atoms with Gasteiger partial charge in [-0.2, -0.15) is 0 Å². The monoisotopic (exact) mass is 247 g/mol. The van der Waals surface area contributed by atoms with Crippen LogP contribution in [0, 0.1) is 5.92 Å². The van der Waals surface area contributed by atoms with Crippen molar-refractivity contribution >= 4 is 16.8 Å². The quantitative estimate of drug-likeness (QED) is 0.844. The maximum atomic E-state index is 5.72. The molecule has 0 amide bonds. The maximum Gasteiger partial charge on any atom is 0.209 e. The number of rotatable bonds is 4. The van der Waals surface area contributed by atoms with Gasteiger partial charge in [0.1, 0.15) is 5.52 Å². The number of nitrogen functional groups attached to an aromatic ring is 1. The second-order valence-corrected chi connectivity index (χ2v) is 5.23. The zero-order valence-corrected chi connectivity index (χ0v) is 11.5. The molecule has 0 aliphatic heterocycles. The number of fused-ring (bicyclic) bond motifs is 1. The van der Waals surface area contributed by atoms with Gasteiger partial charge in [0.25, 0.3) is 0 Å². The molecule has 0 aliphatic rings. The Morgan fingerprint density at radius 2 is 2.06 bits per heavy atom. The number of anilines is 1. The van der Waals surface area contributed by atoms with Gasteiger partial charge in [0.05, 0.1) is 6.54 Å². The zero-order chi connectivity index (χ0) is 13.3. The first-order valence-corrected chi connectivity index (χ1v) is 6.32. The molecule has 4 nitrogen and oxygen atoms in total. The summed E-state index contributed by atoms with van der Waals surface area (Å²) in [6.45, 7) is 7.36. The molecule has 1 unspecified atom stereocenters. The summed E-state index contributed by atoms with van der Waals surface area (Å²) in [5, 5.41) is 0. The topological polar surface area (TPSA) is 55.3 Å². The molecule has 1 aromatic carbocycles. The summed E-state index contributed by atoms with van der Waals surface area (Å²) in [7, 11) is 2.09. The number of benzene rings is 1. The molecule has 1 heterocycles. The number of nitrogens with zero attached hydrogens (tertiary/aromatic N) is 2. The van der Waals surface area contributed by atoms with E-state index in [0.717, 1.165) is 17.0 Å². The van der Waals surface area contributed by atoms with Crippen LogP contribution in [0.25, 0.3) is 11.1 Å². The van der Waals surface area contributed by atoms with E-state index in [2.05, 4.69) is 37.7 Å². The number of aromatic nitrogens is 1. The lowest BCUT2D eigenvalue weighted by Gasteiger charge is -2.26. The minimum atomic E-state index is 0.491. The van der Waals surface area contributed by atoms with E-state index in [9.17, 15) is 0 Å². The van der Waals surface area contributed by atoms with Crippen molar-refractivity contribution in [3.63, 3.8) is 0 Å². The molecule has 2 aromatic rings. The standard InChI is InChI=1S/C14H21N3O/c1-9(2)10(3)17(4)8-14-16-12-6-5-11(15)7-13(12)18-14/h5-7,9-10H,8,15H2,1-4H3. The summed E-state index contributed by atoms with van der Waals surface area (Å²) in [6.07, 6.45) is 0. The van der Waals surface area contributed by atoms with Crippen molar-refractivity contribution < 1.29 is 4.42 Å². The normalized spacial score (nSPS) is 13.7. The zero-order valence-electron chi connectivity index (χ0n) is 11.5. The average molecular weight is 247 g/mol. The number of oxazole rings is 1. The van der Waals surface area contributed by atoms with Crippen LogP contribution in [0.5, 0.6) is 0 Å². The van der Waals surface area contributed by atoms with Gasteiger partial charge in [-0.05, 0) is 32.0 Å². The highest BCUT2D eigenvalue weighted by Gasteiger charge is 2.16. The van der Waals surface area contributed by atoms with Crippen molar-refractivity contribution in [3.8, 4) is 0 Å². The minimum absolute atomic E-state index is 0.491. The molecule has 0 radical (unpaired) electrons. The number of nitrogens with two attached hydrogens (primary N) is 1. The van der Waals surface area contributed by atoms with Crippen molar-refractivity contribution in [2.24, 2.45) is 5.92 Å². The lowest BCUT2D eigenvalue weighted by Crippen LogP contribution is -2.32. The van der Waals surface area contributed by atoms with Gasteiger partial charge in [-0.1, -0.05) is 13.8 Å². The van der Waals surface area contributed by atoms with Gasteiger partial charge in [0.15, 0.2) is 5.58 Å². The van der Waals surface area contributed by atoms with Crippen molar-refractivity contribution in [1.29, 1.82) is 0 Å². The Balaban J connectivity index is 2.17. The van der Waals surface area contributed by atoms with Gasteiger partial charge in [-0.25, -0.2) is 4.98 Å². The molecule has 0 fully saturated rings. The predicted octanol–water partition coefficient (Wildman–Crippen LogP) is 2.89. The molecule has 0 saturated carbocycles. The molecule has 98 valence electrons. The van der Waals surface area contributed by atoms with Crippen LogP contribution in [0.3, 0.4) is 0 Å². The van der Waals surface area contributed by atoms with Crippen LogP contribution in [0.4, 0.5) is 5.69 Å². The third kappa shape index (κ3) is 2.64. The molecule has 0 aliphatic carbocycles. The highest BCUT2D eigenvalue weighted by atomic mass is 16.3. The third-order valence-corrected chi connectivity index (χ3v) is 3.50. The Labute approximate surface area is 108 Å². The molecule has 18 heavy (non-hydrogen) atoms. The summed E-state index contributed by atoms with van der Waals surface area (Å²) in [6, 6.07) is 6.04. The second kappa shape index (κ2) is 4.98. The highest BCUT2D eigenvalue weighted by molar-refractivity contribution is 5.76. The van der Waals surface area contributed by atoms with Crippen LogP contribution in [-0.4, -0.2) is 23.0 Å². The second-order valence-electron chi connectivity index (χ2n) is 5.23. The number of hydrogen-bond donors (Lipinski definition) is 1. The predicted molar refractivity (Wildman–Crippen MR) is 74.2 cm³/mol. The van der Waals surface area contributed by atoms with Crippen molar-refractivity contribution in [2.45, 2.75) is 33.4 Å². The van der Waals surface area contributed by atoms with E-state index in [1.807, 2.05) is 18.2 Å². The van der Waals surface area contributed by atoms with Crippen molar-refractivity contribution in [1.82, 2.24) is 9.88 Å². The SMILES string of the molecule is CC(C)C(C)N(C)Cc1nc2ccc(N)cc2o1. The molecule has 1 aromatic heterocycles. The molecule has 2 rings (SSSR count). The maximum absolute atomic E-state index is 5.72. The van der Waals surface area contributed by atoms with E-state index in [1.165, 1.54) is 0 Å². The van der Waals surface area contributed by atoms with E-state index in [4.69, 9.17) is 10.2 Å². The van der Waals surface area contributed by atoms with Gasteiger partial charge in [0.2, 0.25) is 5.89 Å². The minimum Gasteiger partial charge on any atom is -0.439 e. The average Bonchev–Trinajstić information content (AvgIpc) is 2.68. The fourth-order valence-electron chi connectivity index (χ4n) is 1.92. The van der Waals surface area contributed by atoms with E-state index in [0.29, 0.717) is 24.2 Å². The molecule has 1 atom stereocenters. The van der Waals surface area contributed by atoms with Gasteiger partial charge in [-0.3, -0.25) is 4.90 Å². The Morgan fingerprint density at radius 1 is 1.33 bits per heavy atom. The Hall–Kier alpha value is -1.55. The molecule has 2 N–H and O–H groups in total. The molecule has 0 spiro atoms. The molecule has 0 bridgehead atoms. The van der Waals surface area contributed by atoms with E-state index in [1.54, 1.807) is 0 Å². The van der Waals surface area contributed by atoms with Gasteiger partial charge < -0.3 is 10.2 Å². The highest BCUT2D eigenvalue weighted by Crippen LogP contribution is 2.20. The summed E-state index contributed by atoms with van der Waals surface area (Å²) in [4.78, 5) is 6.72. The lowest BCUT2D eigenvalue weighted by atomic mass is 10.1. The lowest BCUT2D eigenvalue weighted by molar-refractivity contribution is 0.185. The van der Waals surface area contributed by atoms with Crippen LogP contribution in [0.15, 0.2) is 22.6 Å². The largest absolute Gasteiger partial charge is 0.439 e. The van der Waals surface area contributed by atoms with Crippen molar-refractivity contribution in [3.05, 3.63) is 24.1 Å². The molecule has 0 saturated heterocycles. The number of hydrogen-bond acceptors (Lipinski definition) is 4. The van der Waals surface area contributed by atoms with Crippen LogP contribution < -0.4 is 5.73 Å². The van der Waals surface area contributed by atoms with Gasteiger partial charge >= 0.3 is 0 Å². The van der Waals surface area contributed by atoms with Gasteiger partial charge in [0, 0.05) is 17.8 Å². The third-order valence-electron chi connectivity index (χ3n) is 3.50. The summed E-state index contributed by atoms with van der Waals surface area (Å²) in [5.41, 5.74) is 8.05. The van der Waals surface area contributed by atoms with Crippen LogP contribution in [0.1, 0.15) is 26.7 Å². The fraction of sp³-hybridized carbons (Fsp3) is 0.500. The van der Waals surface area contributed by atoms with E-state index >= 15 is 0 Å². The Kier molecular flexibility index (Phi) is 3.57. The Bertz CT molecular complexity index is 533. The van der Waals surface area contributed by atoms with Crippen LogP contribution in [-0.2, 0) is 6.54 Å². The fourth-order valence-corrected chi connectivity index (χ4v) is 1.92. The van der Waals surface area contributed by atoms with E-state index in [-0.39, 0.29) is 0 Å². The van der Waals surface area contributed by atoms with Crippen molar-refractivity contribution in [2.75, 3.05) is 12.8 Å². The van der Waals surface area contributed by atoms with E-state index < -0.39 is 0 Å². The van der Waals surface area contributed by atoms with Gasteiger partial charge in [-0.15, -0.1) is 0 Å². The molecule has 4 heteroatoms. The van der Waals surface area contributed by atoms with Crippen LogP contribution >= 0.6 is 0 Å².